The van der Waals surface area contributed by atoms with Gasteiger partial charge in [-0.25, -0.2) is 10.1 Å². The number of aromatic nitrogens is 5. The van der Waals surface area contributed by atoms with Crippen molar-refractivity contribution >= 4 is 17.9 Å². The number of rotatable bonds is 8. The molecule has 0 saturated heterocycles. The summed E-state index contributed by atoms with van der Waals surface area (Å²) in [6, 6.07) is 14.3. The van der Waals surface area contributed by atoms with E-state index in [0.29, 0.717) is 29.4 Å². The summed E-state index contributed by atoms with van der Waals surface area (Å²) in [5, 5.41) is 19.4. The molecule has 2 aromatic heterocycles. The Labute approximate surface area is 188 Å². The second kappa shape index (κ2) is 9.60. The molecule has 12 heteroatoms. The molecule has 3 N–H and O–H groups in total. The molecule has 168 valence electrons. The lowest BCUT2D eigenvalue weighted by Crippen LogP contribution is -2.19. The molecule has 12 nitrogen and oxygen atoms in total. The highest BCUT2D eigenvalue weighted by molar-refractivity contribution is 5.99. The van der Waals surface area contributed by atoms with Crippen LogP contribution in [-0.4, -0.2) is 51.1 Å². The van der Waals surface area contributed by atoms with Crippen LogP contribution in [-0.2, 0) is 0 Å². The number of hydrogen-bond donors (Lipinski definition) is 2. The van der Waals surface area contributed by atoms with Gasteiger partial charge < -0.3 is 15.2 Å². The predicted octanol–water partition coefficient (Wildman–Crippen LogP) is 2.07. The molecule has 33 heavy (non-hydrogen) atoms. The highest BCUT2D eigenvalue weighted by Gasteiger charge is 2.25. The number of carbonyl (C=O) groups excluding carboxylic acids is 1. The highest BCUT2D eigenvalue weighted by Crippen LogP contribution is 2.29. The Morgan fingerprint density at radius 2 is 2.03 bits per heavy atom. The Kier molecular flexibility index (Phi) is 6.25. The van der Waals surface area contributed by atoms with Crippen molar-refractivity contribution < 1.29 is 18.9 Å². The van der Waals surface area contributed by atoms with Crippen LogP contribution in [0.25, 0.3) is 17.1 Å². The zero-order valence-corrected chi connectivity index (χ0v) is 17.8. The highest BCUT2D eigenvalue weighted by atomic mass is 16.6. The van der Waals surface area contributed by atoms with E-state index in [1.807, 2.05) is 19.1 Å². The van der Waals surface area contributed by atoms with Gasteiger partial charge >= 0.3 is 0 Å². The van der Waals surface area contributed by atoms with Crippen molar-refractivity contribution in [1.29, 1.82) is 0 Å². The number of nitrogens with two attached hydrogens (primary N) is 1. The summed E-state index contributed by atoms with van der Waals surface area (Å²) in [7, 11) is 1.57. The lowest BCUT2D eigenvalue weighted by molar-refractivity contribution is 0.0950. The molecule has 0 fully saturated rings. The SMILES string of the molecule is CCOc1cccc(-c2c(C(=O)NN=Cc3cccc(OC)c3)nnn2-c2nonc2N)c1. The molecule has 0 aliphatic rings. The van der Waals surface area contributed by atoms with E-state index in [2.05, 4.69) is 35.8 Å². The summed E-state index contributed by atoms with van der Waals surface area (Å²) in [5.41, 5.74) is 9.94. The first-order valence-corrected chi connectivity index (χ1v) is 9.85. The number of hydrogen-bond acceptors (Lipinski definition) is 10. The minimum Gasteiger partial charge on any atom is -0.497 e. The van der Waals surface area contributed by atoms with Gasteiger partial charge in [0.25, 0.3) is 5.91 Å². The molecular weight excluding hydrogens is 428 g/mol. The van der Waals surface area contributed by atoms with Gasteiger partial charge in [-0.3, -0.25) is 4.79 Å². The van der Waals surface area contributed by atoms with Crippen molar-refractivity contribution in [1.82, 2.24) is 30.7 Å². The molecule has 0 spiro atoms. The molecule has 1 amide bonds. The van der Waals surface area contributed by atoms with Gasteiger partial charge in [0, 0.05) is 5.56 Å². The molecule has 0 unspecified atom stereocenters. The Balaban J connectivity index is 1.68. The number of carbonyl (C=O) groups is 1. The standard InChI is InChI=1S/C21H20N8O4/c1-3-32-16-9-5-7-14(11-16)18-17(24-28-29(18)20-19(22)26-33-27-20)21(30)25-23-12-13-6-4-8-15(10-13)31-2/h4-12H,3H2,1-2H3,(H2,22,26)(H,25,30). The monoisotopic (exact) mass is 448 g/mol. The summed E-state index contributed by atoms with van der Waals surface area (Å²) in [5.74, 6) is 0.774. The maximum absolute atomic E-state index is 12.9. The minimum atomic E-state index is -0.591. The van der Waals surface area contributed by atoms with Gasteiger partial charge in [-0.2, -0.15) is 9.78 Å². The second-order valence-corrected chi connectivity index (χ2v) is 6.61. The van der Waals surface area contributed by atoms with Gasteiger partial charge in [-0.05, 0) is 47.1 Å². The van der Waals surface area contributed by atoms with Crippen molar-refractivity contribution in [2.45, 2.75) is 6.92 Å². The largest absolute Gasteiger partial charge is 0.497 e. The second-order valence-electron chi connectivity index (χ2n) is 6.61. The Morgan fingerprint density at radius 1 is 1.21 bits per heavy atom. The van der Waals surface area contributed by atoms with E-state index in [1.165, 1.54) is 10.9 Å². The molecule has 0 aliphatic heterocycles. The molecule has 2 heterocycles. The first kappa shape index (κ1) is 21.5. The van der Waals surface area contributed by atoms with Crippen LogP contribution >= 0.6 is 0 Å². The van der Waals surface area contributed by atoms with E-state index in [1.54, 1.807) is 43.5 Å². The summed E-state index contributed by atoms with van der Waals surface area (Å²) in [4.78, 5) is 12.9. The molecule has 4 aromatic rings. The third-order valence-corrected chi connectivity index (χ3v) is 4.47. The van der Waals surface area contributed by atoms with E-state index in [4.69, 9.17) is 15.2 Å². The van der Waals surface area contributed by atoms with Crippen molar-refractivity contribution in [2.24, 2.45) is 5.10 Å². The lowest BCUT2D eigenvalue weighted by atomic mass is 10.1. The van der Waals surface area contributed by atoms with Crippen LogP contribution in [0.3, 0.4) is 0 Å². The number of nitrogens with zero attached hydrogens (tertiary/aromatic N) is 6. The van der Waals surface area contributed by atoms with E-state index < -0.39 is 5.91 Å². The Hall–Kier alpha value is -4.74. The number of hydrazone groups is 1. The molecule has 0 saturated carbocycles. The fourth-order valence-electron chi connectivity index (χ4n) is 3.02. The van der Waals surface area contributed by atoms with E-state index in [9.17, 15) is 4.79 Å². The first-order chi connectivity index (χ1) is 16.1. The van der Waals surface area contributed by atoms with Crippen LogP contribution in [0.1, 0.15) is 23.0 Å². The number of nitrogens with one attached hydrogen (secondary N) is 1. The quantitative estimate of drug-likeness (QED) is 0.304. The van der Waals surface area contributed by atoms with E-state index >= 15 is 0 Å². The molecule has 0 bridgehead atoms. The van der Waals surface area contributed by atoms with Crippen LogP contribution in [0.5, 0.6) is 11.5 Å². The average Bonchev–Trinajstić information content (AvgIpc) is 3.45. The smallest absolute Gasteiger partial charge is 0.294 e. The van der Waals surface area contributed by atoms with Crippen molar-refractivity contribution in [2.75, 3.05) is 19.5 Å². The fraction of sp³-hybridized carbons (Fsp3) is 0.143. The van der Waals surface area contributed by atoms with Gasteiger partial charge in [-0.15, -0.1) is 5.10 Å². The molecule has 2 aromatic carbocycles. The molecule has 0 aliphatic carbocycles. The summed E-state index contributed by atoms with van der Waals surface area (Å²) in [6.45, 7) is 2.35. The predicted molar refractivity (Wildman–Crippen MR) is 118 cm³/mol. The molecule has 0 radical (unpaired) electrons. The van der Waals surface area contributed by atoms with Crippen molar-refractivity contribution in [3.8, 4) is 28.6 Å². The minimum absolute atomic E-state index is 0.00570. The fourth-order valence-corrected chi connectivity index (χ4v) is 3.02. The van der Waals surface area contributed by atoms with Crippen LogP contribution in [0.2, 0.25) is 0 Å². The molecular formula is C21H20N8O4. The summed E-state index contributed by atoms with van der Waals surface area (Å²) < 4.78 is 16.7. The maximum atomic E-state index is 12.9. The number of methoxy groups -OCH3 is 1. The van der Waals surface area contributed by atoms with Gasteiger partial charge in [-0.1, -0.05) is 29.5 Å². The van der Waals surface area contributed by atoms with E-state index in [-0.39, 0.29) is 17.3 Å². The Morgan fingerprint density at radius 3 is 2.79 bits per heavy atom. The number of ether oxygens (including phenoxy) is 2. The topological polar surface area (TPSA) is 156 Å². The lowest BCUT2D eigenvalue weighted by Gasteiger charge is -2.08. The normalized spacial score (nSPS) is 11.0. The van der Waals surface area contributed by atoms with Crippen LogP contribution in [0.4, 0.5) is 5.82 Å². The molecule has 0 atom stereocenters. The third-order valence-electron chi connectivity index (χ3n) is 4.47. The van der Waals surface area contributed by atoms with Gasteiger partial charge in [0.2, 0.25) is 11.6 Å². The van der Waals surface area contributed by atoms with E-state index in [0.717, 1.165) is 5.56 Å². The summed E-state index contributed by atoms with van der Waals surface area (Å²) >= 11 is 0. The zero-order valence-electron chi connectivity index (χ0n) is 17.8. The van der Waals surface area contributed by atoms with Crippen molar-refractivity contribution in [3.63, 3.8) is 0 Å². The van der Waals surface area contributed by atoms with Gasteiger partial charge in [0.1, 0.15) is 17.2 Å². The third kappa shape index (κ3) is 4.63. The number of anilines is 1. The van der Waals surface area contributed by atoms with Crippen LogP contribution in [0, 0.1) is 0 Å². The van der Waals surface area contributed by atoms with Crippen LogP contribution < -0.4 is 20.6 Å². The number of amides is 1. The average molecular weight is 448 g/mol. The molecule has 4 rings (SSSR count). The number of benzene rings is 2. The van der Waals surface area contributed by atoms with Crippen molar-refractivity contribution in [3.05, 3.63) is 59.8 Å². The van der Waals surface area contributed by atoms with Gasteiger partial charge in [0.05, 0.1) is 19.9 Å². The van der Waals surface area contributed by atoms with Crippen LogP contribution in [0.15, 0.2) is 58.3 Å². The van der Waals surface area contributed by atoms with Gasteiger partial charge in [0.15, 0.2) is 5.69 Å². The Bertz CT molecular complexity index is 1300. The number of nitrogen functional groups attached to an aromatic ring is 1. The maximum Gasteiger partial charge on any atom is 0.294 e. The first-order valence-electron chi connectivity index (χ1n) is 9.85. The summed E-state index contributed by atoms with van der Waals surface area (Å²) in [6.07, 6.45) is 1.49. The zero-order chi connectivity index (χ0) is 23.2.